The second-order valence-electron chi connectivity index (χ2n) is 5.48. The Kier molecular flexibility index (Phi) is 4.28. The summed E-state index contributed by atoms with van der Waals surface area (Å²) in [5, 5.41) is 10.6. The van der Waals surface area contributed by atoms with Crippen molar-refractivity contribution in [2.45, 2.75) is 26.2 Å². The number of aryl methyl sites for hydroxylation is 1. The standard InChI is InChI=1S/C16H18N6O2/c1-9-13-11(21-22-16(17)18)5-2-6-12(13)24-14(9)15(23)20-10-4-3-7-19-8-10/h3-4,7-8H,2,5-6H2,1H3,(H,20,23)(H4,17,18,22)/b21-11+. The first kappa shape index (κ1) is 15.7. The molecule has 0 saturated carbocycles. The summed E-state index contributed by atoms with van der Waals surface area (Å²) < 4.78 is 5.78. The van der Waals surface area contributed by atoms with E-state index >= 15 is 0 Å². The van der Waals surface area contributed by atoms with Crippen molar-refractivity contribution in [3.8, 4) is 0 Å². The average molecular weight is 326 g/mol. The third kappa shape index (κ3) is 3.12. The van der Waals surface area contributed by atoms with Gasteiger partial charge >= 0.3 is 0 Å². The van der Waals surface area contributed by atoms with Crippen LogP contribution in [0.1, 0.15) is 40.3 Å². The fraction of sp³-hybridized carbons (Fsp3) is 0.250. The fourth-order valence-corrected chi connectivity index (χ4v) is 2.73. The molecule has 8 nitrogen and oxygen atoms in total. The molecule has 2 aromatic rings. The van der Waals surface area contributed by atoms with Crippen molar-refractivity contribution in [2.75, 3.05) is 5.32 Å². The monoisotopic (exact) mass is 326 g/mol. The van der Waals surface area contributed by atoms with Gasteiger partial charge in [-0.15, -0.1) is 5.10 Å². The Balaban J connectivity index is 1.93. The highest BCUT2D eigenvalue weighted by Crippen LogP contribution is 2.30. The highest BCUT2D eigenvalue weighted by molar-refractivity contribution is 6.09. The summed E-state index contributed by atoms with van der Waals surface area (Å²) in [4.78, 5) is 16.5. The van der Waals surface area contributed by atoms with Gasteiger partial charge in [0.15, 0.2) is 5.76 Å². The average Bonchev–Trinajstić information content (AvgIpc) is 2.91. The maximum Gasteiger partial charge on any atom is 0.291 e. The number of nitrogens with two attached hydrogens (primary N) is 2. The van der Waals surface area contributed by atoms with Crippen LogP contribution in [0.4, 0.5) is 5.69 Å². The summed E-state index contributed by atoms with van der Waals surface area (Å²) in [5.74, 6) is 0.573. The lowest BCUT2D eigenvalue weighted by Crippen LogP contribution is -2.22. The zero-order valence-corrected chi connectivity index (χ0v) is 13.2. The lowest BCUT2D eigenvalue weighted by Gasteiger charge is -2.11. The lowest BCUT2D eigenvalue weighted by molar-refractivity contribution is 0.0994. The molecule has 0 bridgehead atoms. The molecule has 1 amide bonds. The number of nitrogens with zero attached hydrogens (tertiary/aromatic N) is 3. The van der Waals surface area contributed by atoms with Crippen molar-refractivity contribution >= 4 is 23.3 Å². The predicted molar refractivity (Wildman–Crippen MR) is 90.9 cm³/mol. The number of hydrogen-bond donors (Lipinski definition) is 3. The van der Waals surface area contributed by atoms with Crippen molar-refractivity contribution in [3.05, 3.63) is 47.2 Å². The van der Waals surface area contributed by atoms with Gasteiger partial charge in [-0.1, -0.05) is 0 Å². The number of furan rings is 1. The number of pyridine rings is 1. The molecule has 24 heavy (non-hydrogen) atoms. The van der Waals surface area contributed by atoms with Crippen LogP contribution in [0.25, 0.3) is 0 Å². The molecule has 1 aliphatic carbocycles. The summed E-state index contributed by atoms with van der Waals surface area (Å²) in [6, 6.07) is 3.50. The highest BCUT2D eigenvalue weighted by atomic mass is 16.4. The van der Waals surface area contributed by atoms with Gasteiger partial charge in [0.05, 0.1) is 17.6 Å². The van der Waals surface area contributed by atoms with Crippen LogP contribution in [0.15, 0.2) is 39.1 Å². The molecule has 2 aromatic heterocycles. The van der Waals surface area contributed by atoms with E-state index in [1.54, 1.807) is 24.5 Å². The number of guanidine groups is 1. The number of amides is 1. The lowest BCUT2D eigenvalue weighted by atomic mass is 9.93. The first-order chi connectivity index (χ1) is 11.6. The molecule has 0 radical (unpaired) electrons. The van der Waals surface area contributed by atoms with E-state index in [4.69, 9.17) is 15.9 Å². The fourth-order valence-electron chi connectivity index (χ4n) is 2.73. The summed E-state index contributed by atoms with van der Waals surface area (Å²) in [6.45, 7) is 1.83. The Morgan fingerprint density at radius 3 is 2.92 bits per heavy atom. The van der Waals surface area contributed by atoms with Gasteiger partial charge in [0, 0.05) is 23.7 Å². The van der Waals surface area contributed by atoms with Crippen LogP contribution < -0.4 is 16.8 Å². The Bertz CT molecular complexity index is 819. The first-order valence-corrected chi connectivity index (χ1v) is 7.55. The topological polar surface area (TPSA) is 132 Å². The van der Waals surface area contributed by atoms with E-state index in [1.165, 1.54) is 0 Å². The number of anilines is 1. The van der Waals surface area contributed by atoms with Gasteiger partial charge in [0.25, 0.3) is 5.91 Å². The molecular weight excluding hydrogens is 308 g/mol. The number of fused-ring (bicyclic) bond motifs is 1. The van der Waals surface area contributed by atoms with E-state index in [0.29, 0.717) is 5.69 Å². The summed E-state index contributed by atoms with van der Waals surface area (Å²) in [6.07, 6.45) is 5.55. The molecule has 1 aliphatic rings. The van der Waals surface area contributed by atoms with E-state index in [2.05, 4.69) is 20.5 Å². The Hall–Kier alpha value is -3.16. The zero-order chi connectivity index (χ0) is 17.1. The van der Waals surface area contributed by atoms with Crippen LogP contribution >= 0.6 is 0 Å². The van der Waals surface area contributed by atoms with Crippen molar-refractivity contribution in [1.29, 1.82) is 0 Å². The SMILES string of the molecule is Cc1c(C(=O)Nc2cccnc2)oc2c1/C(=N/N=C(N)N)CCC2. The van der Waals surface area contributed by atoms with E-state index in [9.17, 15) is 4.79 Å². The zero-order valence-electron chi connectivity index (χ0n) is 13.2. The minimum absolute atomic E-state index is 0.106. The molecule has 0 unspecified atom stereocenters. The molecule has 3 rings (SSSR count). The number of carbonyl (C=O) groups is 1. The van der Waals surface area contributed by atoms with E-state index in [1.807, 2.05) is 6.92 Å². The highest BCUT2D eigenvalue weighted by Gasteiger charge is 2.28. The van der Waals surface area contributed by atoms with Crippen molar-refractivity contribution in [2.24, 2.45) is 21.7 Å². The molecule has 124 valence electrons. The minimum Gasteiger partial charge on any atom is -0.455 e. The van der Waals surface area contributed by atoms with Gasteiger partial charge in [-0.3, -0.25) is 9.78 Å². The quantitative estimate of drug-likeness (QED) is 0.447. The molecule has 2 heterocycles. The predicted octanol–water partition coefficient (Wildman–Crippen LogP) is 1.55. The number of carbonyl (C=O) groups excluding carboxylic acids is 1. The van der Waals surface area contributed by atoms with Crippen molar-refractivity contribution in [1.82, 2.24) is 4.98 Å². The summed E-state index contributed by atoms with van der Waals surface area (Å²) in [7, 11) is 0. The van der Waals surface area contributed by atoms with Gasteiger partial charge in [0.1, 0.15) is 5.76 Å². The molecule has 5 N–H and O–H groups in total. The number of nitrogens with one attached hydrogen (secondary N) is 1. The molecule has 8 heteroatoms. The number of rotatable bonds is 3. The van der Waals surface area contributed by atoms with Crippen LogP contribution in [-0.2, 0) is 6.42 Å². The second-order valence-corrected chi connectivity index (χ2v) is 5.48. The van der Waals surface area contributed by atoms with Crippen LogP contribution in [0.3, 0.4) is 0 Å². The van der Waals surface area contributed by atoms with Crippen molar-refractivity contribution in [3.63, 3.8) is 0 Å². The molecule has 0 spiro atoms. The van der Waals surface area contributed by atoms with E-state index in [0.717, 1.165) is 41.9 Å². The van der Waals surface area contributed by atoms with Gasteiger partial charge in [-0.2, -0.15) is 5.10 Å². The molecule has 0 aliphatic heterocycles. The summed E-state index contributed by atoms with van der Waals surface area (Å²) in [5.41, 5.74) is 13.6. The smallest absolute Gasteiger partial charge is 0.291 e. The maximum atomic E-state index is 12.5. The van der Waals surface area contributed by atoms with E-state index in [-0.39, 0.29) is 17.6 Å². The van der Waals surface area contributed by atoms with Gasteiger partial charge < -0.3 is 21.2 Å². The first-order valence-electron chi connectivity index (χ1n) is 7.55. The molecule has 0 saturated heterocycles. The Morgan fingerprint density at radius 1 is 1.38 bits per heavy atom. The van der Waals surface area contributed by atoms with Gasteiger partial charge in [-0.05, 0) is 31.9 Å². The summed E-state index contributed by atoms with van der Waals surface area (Å²) >= 11 is 0. The molecular formula is C16H18N6O2. The molecule has 0 aromatic carbocycles. The Labute approximate surface area is 138 Å². The second kappa shape index (κ2) is 6.53. The minimum atomic E-state index is -0.323. The third-order valence-electron chi connectivity index (χ3n) is 3.74. The van der Waals surface area contributed by atoms with Crippen LogP contribution in [-0.4, -0.2) is 22.6 Å². The third-order valence-corrected chi connectivity index (χ3v) is 3.74. The van der Waals surface area contributed by atoms with Crippen LogP contribution in [0.5, 0.6) is 0 Å². The Morgan fingerprint density at radius 2 is 2.21 bits per heavy atom. The van der Waals surface area contributed by atoms with Gasteiger partial charge in [0.2, 0.25) is 5.96 Å². The van der Waals surface area contributed by atoms with Crippen LogP contribution in [0.2, 0.25) is 0 Å². The maximum absolute atomic E-state index is 12.5. The largest absolute Gasteiger partial charge is 0.455 e. The van der Waals surface area contributed by atoms with Crippen LogP contribution in [0, 0.1) is 6.92 Å². The molecule has 0 atom stereocenters. The number of hydrogen-bond acceptors (Lipinski definition) is 5. The van der Waals surface area contributed by atoms with Crippen molar-refractivity contribution < 1.29 is 9.21 Å². The normalized spacial score (nSPS) is 15.0. The van der Waals surface area contributed by atoms with E-state index < -0.39 is 0 Å². The molecule has 0 fully saturated rings. The van der Waals surface area contributed by atoms with Gasteiger partial charge in [-0.25, -0.2) is 0 Å². The number of aromatic nitrogens is 1.